The summed E-state index contributed by atoms with van der Waals surface area (Å²) in [6.45, 7) is 4.35. The number of hydrogen-bond donors (Lipinski definition) is 1. The van der Waals surface area contributed by atoms with Crippen LogP contribution in [0.1, 0.15) is 16.0 Å². The van der Waals surface area contributed by atoms with Crippen molar-refractivity contribution in [2.45, 2.75) is 32.0 Å². The molecule has 0 unspecified atom stereocenters. The van der Waals surface area contributed by atoms with Crippen molar-refractivity contribution in [2.75, 3.05) is 5.70 Å². The van der Waals surface area contributed by atoms with E-state index in [1.54, 1.807) is 0 Å². The van der Waals surface area contributed by atoms with Gasteiger partial charge in [-0.15, -0.1) is 0 Å². The van der Waals surface area contributed by atoms with Gasteiger partial charge in [0.1, 0.15) is 0 Å². The van der Waals surface area contributed by atoms with Crippen LogP contribution < -0.4 is 29.6 Å². The third-order valence-corrected chi connectivity index (χ3v) is 1.85. The Bertz CT molecular complexity index is 406. The van der Waals surface area contributed by atoms with Crippen LogP contribution in [-0.4, -0.2) is 26.7 Å². The van der Waals surface area contributed by atoms with Gasteiger partial charge in [0.25, 0.3) is 10.1 Å². The third-order valence-electron chi connectivity index (χ3n) is 0.618. The van der Waals surface area contributed by atoms with Crippen LogP contribution in [0.5, 0.6) is 0 Å². The van der Waals surface area contributed by atoms with E-state index in [0.717, 1.165) is 0 Å². The first-order valence-corrected chi connectivity index (χ1v) is 7.91. The second kappa shape index (κ2) is 5.77. The Balaban J connectivity index is -0.00000128. The predicted molar refractivity (Wildman–Crippen MR) is 50.3 cm³/mol. The summed E-state index contributed by atoms with van der Waals surface area (Å²) in [5, 5.41) is 0. The SMILES string of the molecule is [2H]C([2H])(C([2H])([2H])[Si](C)(C)C)C([2H])([2H])S(=O)(=O)O.[H-].[Na+]. The summed E-state index contributed by atoms with van der Waals surface area (Å²) in [4.78, 5) is 0. The maximum atomic E-state index is 10.9. The predicted octanol–water partition coefficient (Wildman–Crippen LogP) is -1.28. The fourth-order valence-electron chi connectivity index (χ4n) is 0.278. The summed E-state index contributed by atoms with van der Waals surface area (Å²) in [6, 6.07) is 0. The van der Waals surface area contributed by atoms with E-state index < -0.39 is 36.3 Å². The van der Waals surface area contributed by atoms with Crippen molar-refractivity contribution in [3.63, 3.8) is 0 Å². The van der Waals surface area contributed by atoms with Crippen molar-refractivity contribution in [3.05, 3.63) is 0 Å². The molecule has 6 heteroatoms. The van der Waals surface area contributed by atoms with Crippen molar-refractivity contribution >= 4 is 18.2 Å². The van der Waals surface area contributed by atoms with Gasteiger partial charge >= 0.3 is 29.6 Å². The van der Waals surface area contributed by atoms with Gasteiger partial charge in [0, 0.05) is 16.3 Å². The van der Waals surface area contributed by atoms with Crippen molar-refractivity contribution in [3.8, 4) is 0 Å². The van der Waals surface area contributed by atoms with Crippen LogP contribution >= 0.6 is 0 Å². The first-order chi connectivity index (χ1) is 7.00. The van der Waals surface area contributed by atoms with E-state index in [-0.39, 0.29) is 31.0 Å². The molecule has 0 aliphatic carbocycles. The van der Waals surface area contributed by atoms with Gasteiger partial charge < -0.3 is 1.43 Å². The maximum Gasteiger partial charge on any atom is 1.00 e. The smallest absolute Gasteiger partial charge is 1.00 e. The fourth-order valence-corrected chi connectivity index (χ4v) is 0.986. The zero-order valence-electron chi connectivity index (χ0n) is 14.7. The largest absolute Gasteiger partial charge is 1.00 e. The maximum absolute atomic E-state index is 10.9. The Labute approximate surface area is 108 Å². The molecule has 0 atom stereocenters. The normalized spacial score (nSPS) is 23.3. The number of hydrogen-bond acceptors (Lipinski definition) is 2. The van der Waals surface area contributed by atoms with Crippen molar-refractivity contribution < 1.29 is 52.2 Å². The molecule has 0 fully saturated rings. The zero-order valence-corrected chi connectivity index (χ0v) is 11.5. The minimum atomic E-state index is -5.36. The molecule has 70 valence electrons. The molecule has 0 bridgehead atoms. The van der Waals surface area contributed by atoms with Gasteiger partial charge in [-0.1, -0.05) is 25.6 Å². The summed E-state index contributed by atoms with van der Waals surface area (Å²) in [6.07, 6.45) is -3.35. The van der Waals surface area contributed by atoms with Crippen molar-refractivity contribution in [1.82, 2.24) is 0 Å². The molecule has 0 saturated heterocycles. The van der Waals surface area contributed by atoms with Gasteiger partial charge in [-0.2, -0.15) is 8.42 Å². The molecule has 3 nitrogen and oxygen atoms in total. The van der Waals surface area contributed by atoms with Gasteiger partial charge in [-0.25, -0.2) is 0 Å². The Morgan fingerprint density at radius 1 is 1.50 bits per heavy atom. The zero-order chi connectivity index (χ0) is 14.5. The van der Waals surface area contributed by atoms with Crippen molar-refractivity contribution in [1.29, 1.82) is 0 Å². The van der Waals surface area contributed by atoms with E-state index in [1.165, 1.54) is 19.6 Å². The van der Waals surface area contributed by atoms with E-state index in [0.29, 0.717) is 0 Å². The molecular formula is C6H17NaO3SSi. The Kier molecular flexibility index (Phi) is 3.17. The molecule has 0 rings (SSSR count). The van der Waals surface area contributed by atoms with Gasteiger partial charge in [-0.05, 0) is 6.37 Å². The molecule has 0 spiro atoms. The van der Waals surface area contributed by atoms with Crippen LogP contribution in [0.2, 0.25) is 25.6 Å². The topological polar surface area (TPSA) is 54.4 Å². The van der Waals surface area contributed by atoms with Crippen LogP contribution in [-0.2, 0) is 10.1 Å². The van der Waals surface area contributed by atoms with Gasteiger partial charge in [0.15, 0.2) is 0 Å². The molecule has 0 aromatic rings. The monoisotopic (exact) mass is 226 g/mol. The molecule has 1 N–H and O–H groups in total. The molecule has 12 heavy (non-hydrogen) atoms. The van der Waals surface area contributed by atoms with Gasteiger partial charge in [0.2, 0.25) is 0 Å². The molecule has 0 aliphatic rings. The summed E-state index contributed by atoms with van der Waals surface area (Å²) >= 11 is 0. The first kappa shape index (κ1) is 6.58. The van der Waals surface area contributed by atoms with E-state index in [2.05, 4.69) is 0 Å². The van der Waals surface area contributed by atoms with Crippen LogP contribution in [0.3, 0.4) is 0 Å². The third kappa shape index (κ3) is 13.7. The van der Waals surface area contributed by atoms with Gasteiger partial charge in [-0.3, -0.25) is 4.55 Å². The van der Waals surface area contributed by atoms with Crippen LogP contribution in [0.4, 0.5) is 0 Å². The van der Waals surface area contributed by atoms with Gasteiger partial charge in [0.05, 0.1) is 5.70 Å². The fraction of sp³-hybridized carbons (Fsp3) is 1.00. The minimum absolute atomic E-state index is 0. The van der Waals surface area contributed by atoms with Crippen LogP contribution in [0.25, 0.3) is 0 Å². The molecule has 0 aromatic carbocycles. The van der Waals surface area contributed by atoms with E-state index in [4.69, 9.17) is 12.8 Å². The van der Waals surface area contributed by atoms with Crippen LogP contribution in [0, 0.1) is 0 Å². The summed E-state index contributed by atoms with van der Waals surface area (Å²) in [5.74, 6) is -2.67. The average Bonchev–Trinajstić information content (AvgIpc) is 1.98. The first-order valence-electron chi connectivity index (χ1n) is 5.97. The Morgan fingerprint density at radius 3 is 2.17 bits per heavy atom. The Morgan fingerprint density at radius 2 is 1.92 bits per heavy atom. The average molecular weight is 226 g/mol. The molecular weight excluding hydrogens is 203 g/mol. The van der Waals surface area contributed by atoms with Crippen LogP contribution in [0.15, 0.2) is 0 Å². The second-order valence-corrected chi connectivity index (χ2v) is 8.98. The minimum Gasteiger partial charge on any atom is -1.00 e. The molecule has 0 aromatic heterocycles. The second-order valence-electron chi connectivity index (χ2n) is 3.08. The molecule has 0 heterocycles. The Hall–Kier alpha value is 1.13. The molecule has 0 radical (unpaired) electrons. The summed E-state index contributed by atoms with van der Waals surface area (Å²) in [7, 11) is -8.23. The van der Waals surface area contributed by atoms with E-state index in [9.17, 15) is 8.42 Å². The van der Waals surface area contributed by atoms with E-state index >= 15 is 0 Å². The quantitative estimate of drug-likeness (QED) is 0.480. The molecule has 0 aliphatic heterocycles. The molecule has 0 amide bonds. The molecule has 0 saturated carbocycles. The summed E-state index contributed by atoms with van der Waals surface area (Å²) < 4.78 is 75.0. The standard InChI is InChI=1S/C6H16O3SSi.Na.H/c1-11(2,3)6-4-5-10(7,8)9;;/h4-6H2,1-3H3,(H,7,8,9);;/q;+1;-1/i4D2,5D2,6D2;;. The number of rotatable bonds is 4. The van der Waals surface area contributed by atoms with E-state index in [1.807, 2.05) is 0 Å². The summed E-state index contributed by atoms with van der Waals surface area (Å²) in [5.41, 5.74) is -3.70. The van der Waals surface area contributed by atoms with Crippen molar-refractivity contribution in [2.24, 2.45) is 0 Å².